The van der Waals surface area contributed by atoms with Gasteiger partial charge in [-0.15, -0.1) is 12.4 Å². The molecule has 0 fully saturated rings. The van der Waals surface area contributed by atoms with E-state index in [1.165, 1.54) is 30.4 Å². The normalized spacial score (nSPS) is 21.9. The molecule has 2 nitrogen and oxygen atoms in total. The van der Waals surface area contributed by atoms with Crippen LogP contribution >= 0.6 is 12.4 Å². The molecule has 1 aromatic carbocycles. The van der Waals surface area contributed by atoms with Crippen molar-refractivity contribution < 1.29 is 4.74 Å². The molecule has 0 saturated carbocycles. The van der Waals surface area contributed by atoms with Crippen LogP contribution in [-0.4, -0.2) is 19.7 Å². The van der Waals surface area contributed by atoms with Crippen molar-refractivity contribution in [1.82, 2.24) is 5.32 Å². The third-order valence-electron chi connectivity index (χ3n) is 3.83. The average Bonchev–Trinajstić information content (AvgIpc) is 2.38. The van der Waals surface area contributed by atoms with Gasteiger partial charge in [0.1, 0.15) is 5.75 Å². The molecule has 0 saturated heterocycles. The highest BCUT2D eigenvalue weighted by atomic mass is 35.5. The molecule has 1 aliphatic carbocycles. The number of hydrogen-bond acceptors (Lipinski definition) is 2. The van der Waals surface area contributed by atoms with Crippen LogP contribution in [0.2, 0.25) is 0 Å². The topological polar surface area (TPSA) is 21.3 Å². The molecule has 0 amide bonds. The van der Waals surface area contributed by atoms with Gasteiger partial charge in [-0.2, -0.15) is 0 Å². The summed E-state index contributed by atoms with van der Waals surface area (Å²) < 4.78 is 5.32. The number of fused-ring (bicyclic) bond motifs is 1. The third kappa shape index (κ3) is 3.18. The molecule has 2 atom stereocenters. The van der Waals surface area contributed by atoms with E-state index in [1.807, 2.05) is 0 Å². The number of ether oxygens (including phenoxy) is 1. The molecule has 3 heteroatoms. The molecule has 2 rings (SSSR count). The summed E-state index contributed by atoms with van der Waals surface area (Å²) in [4.78, 5) is 0. The van der Waals surface area contributed by atoms with Crippen molar-refractivity contribution in [3.05, 3.63) is 29.3 Å². The minimum Gasteiger partial charge on any atom is -0.497 e. The van der Waals surface area contributed by atoms with Crippen LogP contribution in [0.15, 0.2) is 18.2 Å². The number of benzene rings is 1. The number of hydrogen-bond donors (Lipinski definition) is 1. The van der Waals surface area contributed by atoms with Crippen LogP contribution in [0.1, 0.15) is 43.7 Å². The molecule has 1 aromatic rings. The van der Waals surface area contributed by atoms with E-state index in [-0.39, 0.29) is 12.4 Å². The predicted molar refractivity (Wildman–Crippen MR) is 79.1 cm³/mol. The molecule has 0 spiro atoms. The van der Waals surface area contributed by atoms with Crippen molar-refractivity contribution in [3.63, 3.8) is 0 Å². The highest BCUT2D eigenvalue weighted by Crippen LogP contribution is 2.33. The van der Waals surface area contributed by atoms with E-state index in [0.717, 1.165) is 12.3 Å². The number of rotatable bonds is 4. The lowest BCUT2D eigenvalue weighted by Crippen LogP contribution is -2.37. The van der Waals surface area contributed by atoms with E-state index in [2.05, 4.69) is 37.4 Å². The maximum atomic E-state index is 5.32. The van der Waals surface area contributed by atoms with Crippen molar-refractivity contribution in [2.24, 2.45) is 0 Å². The Bertz CT molecular complexity index is 381. The molecular weight excluding hydrogens is 246 g/mol. The summed E-state index contributed by atoms with van der Waals surface area (Å²) >= 11 is 0. The van der Waals surface area contributed by atoms with Crippen LogP contribution in [0.25, 0.3) is 0 Å². The fourth-order valence-corrected chi connectivity index (χ4v) is 2.74. The highest BCUT2D eigenvalue weighted by molar-refractivity contribution is 5.85. The molecule has 0 bridgehead atoms. The average molecular weight is 270 g/mol. The van der Waals surface area contributed by atoms with Crippen LogP contribution < -0.4 is 10.1 Å². The van der Waals surface area contributed by atoms with E-state index in [9.17, 15) is 0 Å². The van der Waals surface area contributed by atoms with E-state index in [4.69, 9.17) is 4.74 Å². The molecule has 0 aliphatic heterocycles. The Labute approximate surface area is 117 Å². The molecule has 0 radical (unpaired) electrons. The summed E-state index contributed by atoms with van der Waals surface area (Å²) in [5, 5.41) is 3.66. The van der Waals surface area contributed by atoms with Gasteiger partial charge in [0, 0.05) is 6.04 Å². The predicted octanol–water partition coefficient (Wildman–Crippen LogP) is 3.53. The Kier molecular flexibility index (Phi) is 5.97. The zero-order valence-corrected chi connectivity index (χ0v) is 12.3. The van der Waals surface area contributed by atoms with E-state index < -0.39 is 0 Å². The van der Waals surface area contributed by atoms with Crippen LogP contribution in [0, 0.1) is 0 Å². The summed E-state index contributed by atoms with van der Waals surface area (Å²) in [5.41, 5.74) is 2.96. The first-order valence-electron chi connectivity index (χ1n) is 6.66. The summed E-state index contributed by atoms with van der Waals surface area (Å²) in [7, 11) is 1.74. The molecule has 1 aliphatic rings. The lowest BCUT2D eigenvalue weighted by atomic mass is 9.80. The Morgan fingerprint density at radius 1 is 1.39 bits per heavy atom. The van der Waals surface area contributed by atoms with E-state index in [1.54, 1.807) is 7.11 Å². The van der Waals surface area contributed by atoms with Crippen LogP contribution in [0.3, 0.4) is 0 Å². The minimum atomic E-state index is 0. The summed E-state index contributed by atoms with van der Waals surface area (Å²) in [6, 6.07) is 7.13. The lowest BCUT2D eigenvalue weighted by molar-refractivity contribution is 0.394. The van der Waals surface area contributed by atoms with Crippen molar-refractivity contribution in [2.75, 3.05) is 13.7 Å². The van der Waals surface area contributed by atoms with Gasteiger partial charge in [-0.3, -0.25) is 0 Å². The quantitative estimate of drug-likeness (QED) is 0.903. The Balaban J connectivity index is 0.00000162. The van der Waals surface area contributed by atoms with Crippen LogP contribution in [-0.2, 0) is 6.42 Å². The smallest absolute Gasteiger partial charge is 0.119 e. The van der Waals surface area contributed by atoms with Gasteiger partial charge < -0.3 is 10.1 Å². The van der Waals surface area contributed by atoms with Gasteiger partial charge in [0.05, 0.1) is 7.11 Å². The first-order valence-corrected chi connectivity index (χ1v) is 6.66. The number of aryl methyl sites for hydroxylation is 1. The molecule has 0 heterocycles. The maximum Gasteiger partial charge on any atom is 0.119 e. The second-order valence-corrected chi connectivity index (χ2v) is 4.95. The molecule has 18 heavy (non-hydrogen) atoms. The molecular formula is C15H24ClNO. The van der Waals surface area contributed by atoms with Crippen molar-refractivity contribution in [2.45, 2.75) is 45.1 Å². The fourth-order valence-electron chi connectivity index (χ4n) is 2.74. The lowest BCUT2D eigenvalue weighted by Gasteiger charge is -2.32. The highest BCUT2D eigenvalue weighted by Gasteiger charge is 2.25. The van der Waals surface area contributed by atoms with Gasteiger partial charge in [-0.05, 0) is 55.0 Å². The standard InChI is InChI=1S/C15H23NO.ClH/c1-4-9-16-15-8-6-12-5-7-13(17-3)10-14(12)11(15)2;/h5,7,10-11,15-16H,4,6,8-9H2,1-3H3;1H. The van der Waals surface area contributed by atoms with Gasteiger partial charge >= 0.3 is 0 Å². The van der Waals surface area contributed by atoms with Crippen LogP contribution in [0.4, 0.5) is 0 Å². The third-order valence-corrected chi connectivity index (χ3v) is 3.83. The fraction of sp³-hybridized carbons (Fsp3) is 0.600. The number of nitrogens with one attached hydrogen (secondary N) is 1. The summed E-state index contributed by atoms with van der Waals surface area (Å²) in [6.45, 7) is 5.66. The van der Waals surface area contributed by atoms with E-state index in [0.29, 0.717) is 12.0 Å². The van der Waals surface area contributed by atoms with Gasteiger partial charge in [-0.25, -0.2) is 0 Å². The number of methoxy groups -OCH3 is 1. The molecule has 0 aromatic heterocycles. The molecule has 102 valence electrons. The second kappa shape index (κ2) is 7.01. The first-order chi connectivity index (χ1) is 8.26. The first kappa shape index (κ1) is 15.3. The monoisotopic (exact) mass is 269 g/mol. The van der Waals surface area contributed by atoms with Gasteiger partial charge in [-0.1, -0.05) is 19.9 Å². The Morgan fingerprint density at radius 3 is 2.83 bits per heavy atom. The van der Waals surface area contributed by atoms with Crippen molar-refractivity contribution in [3.8, 4) is 5.75 Å². The molecule has 2 unspecified atom stereocenters. The second-order valence-electron chi connectivity index (χ2n) is 4.95. The maximum absolute atomic E-state index is 5.32. The summed E-state index contributed by atoms with van der Waals surface area (Å²) in [5.74, 6) is 1.56. The van der Waals surface area contributed by atoms with Gasteiger partial charge in [0.15, 0.2) is 0 Å². The molecule has 1 N–H and O–H groups in total. The van der Waals surface area contributed by atoms with Gasteiger partial charge in [0.25, 0.3) is 0 Å². The van der Waals surface area contributed by atoms with Crippen LogP contribution in [0.5, 0.6) is 5.75 Å². The Morgan fingerprint density at radius 2 is 2.17 bits per heavy atom. The van der Waals surface area contributed by atoms with Crippen molar-refractivity contribution >= 4 is 12.4 Å². The van der Waals surface area contributed by atoms with Gasteiger partial charge in [0.2, 0.25) is 0 Å². The van der Waals surface area contributed by atoms with Crippen molar-refractivity contribution in [1.29, 1.82) is 0 Å². The zero-order chi connectivity index (χ0) is 12.3. The van der Waals surface area contributed by atoms with E-state index >= 15 is 0 Å². The Hall–Kier alpha value is -0.730. The SMILES string of the molecule is CCCNC1CCc2ccc(OC)cc2C1C.Cl. The minimum absolute atomic E-state index is 0. The largest absolute Gasteiger partial charge is 0.497 e. The zero-order valence-electron chi connectivity index (χ0n) is 11.5. The number of halogens is 1. The summed E-state index contributed by atoms with van der Waals surface area (Å²) in [6.07, 6.45) is 3.64.